The largest absolute Gasteiger partial charge is 0.342 e. The maximum Gasteiger partial charge on any atom is 0.252 e. The maximum absolute atomic E-state index is 12.2. The lowest BCUT2D eigenvalue weighted by Crippen LogP contribution is -2.35. The number of piperidine rings is 2. The number of nitrogens with one attached hydrogen (secondary N) is 1. The van der Waals surface area contributed by atoms with Gasteiger partial charge < -0.3 is 9.80 Å². The summed E-state index contributed by atoms with van der Waals surface area (Å²) in [5, 5.41) is 0. The fourth-order valence-electron chi connectivity index (χ4n) is 3.91. The fourth-order valence-corrected chi connectivity index (χ4v) is 3.91. The first-order valence-corrected chi connectivity index (χ1v) is 10.1. The Morgan fingerprint density at radius 2 is 1.78 bits per heavy atom. The number of anilines is 2. The number of hydrogen-bond acceptors (Lipinski definition) is 6. The van der Waals surface area contributed by atoms with Crippen LogP contribution in [0, 0.1) is 12.8 Å². The van der Waals surface area contributed by atoms with E-state index in [9.17, 15) is 4.79 Å². The van der Waals surface area contributed by atoms with Gasteiger partial charge >= 0.3 is 0 Å². The maximum atomic E-state index is 12.2. The Morgan fingerprint density at radius 1 is 1.04 bits per heavy atom. The van der Waals surface area contributed by atoms with Crippen molar-refractivity contribution in [3.8, 4) is 11.3 Å². The summed E-state index contributed by atoms with van der Waals surface area (Å²) in [5.41, 5.74) is 2.21. The first-order valence-electron chi connectivity index (χ1n) is 10.1. The van der Waals surface area contributed by atoms with E-state index in [4.69, 9.17) is 9.97 Å². The molecule has 2 saturated heterocycles. The molecule has 0 aliphatic carbocycles. The molecule has 144 valence electrons. The van der Waals surface area contributed by atoms with Gasteiger partial charge in [0.05, 0.1) is 11.4 Å². The Labute approximate surface area is 159 Å². The van der Waals surface area contributed by atoms with Crippen LogP contribution < -0.4 is 15.4 Å². The molecule has 2 aromatic rings. The Balaban J connectivity index is 1.62. The third-order valence-corrected chi connectivity index (χ3v) is 5.69. The average Bonchev–Trinajstić information content (AvgIpc) is 2.68. The zero-order valence-electron chi connectivity index (χ0n) is 16.2. The van der Waals surface area contributed by atoms with Crippen molar-refractivity contribution >= 4 is 11.9 Å². The molecule has 0 unspecified atom stereocenters. The van der Waals surface area contributed by atoms with E-state index < -0.39 is 0 Å². The predicted molar refractivity (Wildman–Crippen MR) is 107 cm³/mol. The summed E-state index contributed by atoms with van der Waals surface area (Å²) in [6.07, 6.45) is 7.73. The smallest absolute Gasteiger partial charge is 0.252 e. The van der Waals surface area contributed by atoms with E-state index in [1.807, 2.05) is 13.1 Å². The normalized spacial score (nSPS) is 18.7. The second kappa shape index (κ2) is 7.66. The Kier molecular flexibility index (Phi) is 5.09. The van der Waals surface area contributed by atoms with Crippen molar-refractivity contribution < 1.29 is 0 Å². The van der Waals surface area contributed by atoms with E-state index in [1.54, 1.807) is 6.07 Å². The van der Waals surface area contributed by atoms with Crippen LogP contribution in [-0.2, 0) is 0 Å². The molecule has 0 radical (unpaired) electrons. The minimum atomic E-state index is -0.131. The van der Waals surface area contributed by atoms with E-state index in [-0.39, 0.29) is 5.56 Å². The predicted octanol–water partition coefficient (Wildman–Crippen LogP) is 2.76. The van der Waals surface area contributed by atoms with Gasteiger partial charge in [-0.3, -0.25) is 9.78 Å². The van der Waals surface area contributed by atoms with Gasteiger partial charge in [0.25, 0.3) is 5.56 Å². The van der Waals surface area contributed by atoms with E-state index in [0.29, 0.717) is 11.6 Å². The van der Waals surface area contributed by atoms with Gasteiger partial charge in [-0.25, -0.2) is 15.0 Å². The SMILES string of the molecule is Cc1nc(N2CCCCC2)ncc1-c1cc(=O)[nH]c(N2CCC(C)CC2)n1. The molecule has 2 aliphatic rings. The van der Waals surface area contributed by atoms with E-state index >= 15 is 0 Å². The number of H-pyrrole nitrogens is 1. The monoisotopic (exact) mass is 368 g/mol. The number of hydrogen-bond donors (Lipinski definition) is 1. The van der Waals surface area contributed by atoms with Gasteiger partial charge in [0.1, 0.15) is 0 Å². The van der Waals surface area contributed by atoms with Gasteiger partial charge in [0.15, 0.2) is 0 Å². The third kappa shape index (κ3) is 3.96. The molecule has 0 spiro atoms. The zero-order valence-corrected chi connectivity index (χ0v) is 16.2. The summed E-state index contributed by atoms with van der Waals surface area (Å²) >= 11 is 0. The highest BCUT2D eigenvalue weighted by molar-refractivity contribution is 5.62. The summed E-state index contributed by atoms with van der Waals surface area (Å²) in [6.45, 7) is 8.12. The molecular formula is C20H28N6O. The van der Waals surface area contributed by atoms with Gasteiger partial charge in [-0.15, -0.1) is 0 Å². The molecule has 1 N–H and O–H groups in total. The Hall–Kier alpha value is -2.44. The zero-order chi connectivity index (χ0) is 18.8. The second-order valence-electron chi connectivity index (χ2n) is 7.84. The summed E-state index contributed by atoms with van der Waals surface area (Å²) < 4.78 is 0. The van der Waals surface area contributed by atoms with Crippen LogP contribution in [-0.4, -0.2) is 46.1 Å². The quantitative estimate of drug-likeness (QED) is 0.898. The minimum absolute atomic E-state index is 0.131. The molecule has 2 fully saturated rings. The van der Waals surface area contributed by atoms with E-state index in [2.05, 4.69) is 26.7 Å². The topological polar surface area (TPSA) is 78.0 Å². The van der Waals surface area contributed by atoms with Crippen LogP contribution >= 0.6 is 0 Å². The molecule has 0 atom stereocenters. The van der Waals surface area contributed by atoms with Crippen molar-refractivity contribution in [2.24, 2.45) is 5.92 Å². The Morgan fingerprint density at radius 3 is 2.48 bits per heavy atom. The lowest BCUT2D eigenvalue weighted by Gasteiger charge is -2.30. The molecule has 27 heavy (non-hydrogen) atoms. The fraction of sp³-hybridized carbons (Fsp3) is 0.600. The van der Waals surface area contributed by atoms with Gasteiger partial charge in [-0.2, -0.15) is 0 Å². The van der Waals surface area contributed by atoms with Crippen LogP contribution in [0.4, 0.5) is 11.9 Å². The molecule has 0 aromatic carbocycles. The van der Waals surface area contributed by atoms with E-state index in [1.165, 1.54) is 19.3 Å². The molecule has 4 rings (SSSR count). The third-order valence-electron chi connectivity index (χ3n) is 5.69. The van der Waals surface area contributed by atoms with Crippen LogP contribution in [0.25, 0.3) is 11.3 Å². The Bertz CT molecular complexity index is 850. The number of rotatable bonds is 3. The highest BCUT2D eigenvalue weighted by Crippen LogP contribution is 2.25. The summed E-state index contributed by atoms with van der Waals surface area (Å²) in [4.78, 5) is 33.6. The highest BCUT2D eigenvalue weighted by atomic mass is 16.1. The van der Waals surface area contributed by atoms with Crippen molar-refractivity contribution in [1.29, 1.82) is 0 Å². The molecule has 4 heterocycles. The lowest BCUT2D eigenvalue weighted by molar-refractivity contribution is 0.434. The van der Waals surface area contributed by atoms with Crippen molar-refractivity contribution in [3.05, 3.63) is 28.3 Å². The van der Waals surface area contributed by atoms with Gasteiger partial charge in [-0.05, 0) is 44.9 Å². The standard InChI is InChI=1S/C20H28N6O/c1-14-6-10-26(11-7-14)20-23-17(12-18(27)24-20)16-13-21-19(22-15(16)2)25-8-4-3-5-9-25/h12-14H,3-11H2,1-2H3,(H,23,24,27). The first kappa shape index (κ1) is 17.9. The second-order valence-corrected chi connectivity index (χ2v) is 7.84. The lowest BCUT2D eigenvalue weighted by atomic mass is 10.00. The van der Waals surface area contributed by atoms with Crippen LogP contribution in [0.3, 0.4) is 0 Å². The van der Waals surface area contributed by atoms with E-state index in [0.717, 1.165) is 62.1 Å². The van der Waals surface area contributed by atoms with Crippen LogP contribution in [0.5, 0.6) is 0 Å². The molecule has 0 amide bonds. The van der Waals surface area contributed by atoms with Gasteiger partial charge in [-0.1, -0.05) is 6.92 Å². The molecule has 2 aliphatic heterocycles. The molecule has 2 aromatic heterocycles. The van der Waals surface area contributed by atoms with Crippen LogP contribution in [0.15, 0.2) is 17.1 Å². The minimum Gasteiger partial charge on any atom is -0.342 e. The van der Waals surface area contributed by atoms with Gasteiger partial charge in [0, 0.05) is 44.0 Å². The average molecular weight is 368 g/mol. The highest BCUT2D eigenvalue weighted by Gasteiger charge is 2.20. The number of nitrogens with zero attached hydrogens (tertiary/aromatic N) is 5. The van der Waals surface area contributed by atoms with Crippen molar-refractivity contribution in [3.63, 3.8) is 0 Å². The summed E-state index contributed by atoms with van der Waals surface area (Å²) in [5.74, 6) is 2.17. The van der Waals surface area contributed by atoms with Crippen molar-refractivity contribution in [1.82, 2.24) is 19.9 Å². The van der Waals surface area contributed by atoms with Crippen LogP contribution in [0.1, 0.15) is 44.7 Å². The molecule has 7 heteroatoms. The van der Waals surface area contributed by atoms with Crippen LogP contribution in [0.2, 0.25) is 0 Å². The first-order chi connectivity index (χ1) is 13.1. The molecule has 7 nitrogen and oxygen atoms in total. The summed E-state index contributed by atoms with van der Waals surface area (Å²) in [7, 11) is 0. The molecule has 0 bridgehead atoms. The number of aromatic amines is 1. The molecular weight excluding hydrogens is 340 g/mol. The van der Waals surface area contributed by atoms with Crippen molar-refractivity contribution in [2.75, 3.05) is 36.0 Å². The van der Waals surface area contributed by atoms with Crippen molar-refractivity contribution in [2.45, 2.75) is 46.0 Å². The number of aromatic nitrogens is 4. The molecule has 0 saturated carbocycles. The number of aryl methyl sites for hydroxylation is 1. The summed E-state index contributed by atoms with van der Waals surface area (Å²) in [6, 6.07) is 1.54. The van der Waals surface area contributed by atoms with Gasteiger partial charge in [0.2, 0.25) is 11.9 Å².